The zero-order chi connectivity index (χ0) is 13.9. The van der Waals surface area contributed by atoms with E-state index in [1.165, 1.54) is 27.4 Å². The summed E-state index contributed by atoms with van der Waals surface area (Å²) in [7, 11) is 3.96. The smallest absolute Gasteiger partial charge is 0.407 e. The molecule has 1 aromatic rings. The van der Waals surface area contributed by atoms with Crippen LogP contribution in [0, 0.1) is 0 Å². The van der Waals surface area contributed by atoms with Gasteiger partial charge in [-0.15, -0.1) is 12.4 Å². The Labute approximate surface area is 115 Å². The van der Waals surface area contributed by atoms with E-state index >= 15 is 0 Å². The van der Waals surface area contributed by atoms with Gasteiger partial charge in [0.2, 0.25) is 0 Å². The third-order valence-electron chi connectivity index (χ3n) is 2.42. The van der Waals surface area contributed by atoms with Crippen molar-refractivity contribution in [3.63, 3.8) is 0 Å². The highest BCUT2D eigenvalue weighted by atomic mass is 35.5. The number of nitrogens with two attached hydrogens (primary N) is 1. The van der Waals surface area contributed by atoms with Gasteiger partial charge in [-0.1, -0.05) is 0 Å². The second-order valence-electron chi connectivity index (χ2n) is 3.47. The van der Waals surface area contributed by atoms with E-state index in [4.69, 9.17) is 19.9 Å². The van der Waals surface area contributed by atoms with Gasteiger partial charge in [0.15, 0.2) is 11.5 Å². The quantitative estimate of drug-likeness (QED) is 0.929. The molecule has 1 aromatic carbocycles. The van der Waals surface area contributed by atoms with Gasteiger partial charge < -0.3 is 19.9 Å². The van der Waals surface area contributed by atoms with Crippen LogP contribution in [0.5, 0.6) is 17.2 Å². The van der Waals surface area contributed by atoms with Crippen LogP contribution in [-0.4, -0.2) is 27.5 Å². The highest BCUT2D eigenvalue weighted by molar-refractivity contribution is 5.85. The molecule has 0 aliphatic carbocycles. The number of rotatable bonds is 4. The SMILES string of the molecule is COc1cc(OC)c([C@@H](N)C(F)(F)F)cc1OC.Cl. The summed E-state index contributed by atoms with van der Waals surface area (Å²) in [5.41, 5.74) is 4.96. The molecule has 0 amide bonds. The average Bonchev–Trinajstić information content (AvgIpc) is 2.34. The number of ether oxygens (including phenoxy) is 3. The summed E-state index contributed by atoms with van der Waals surface area (Å²) in [5.74, 6) is 0.429. The first-order chi connectivity index (χ1) is 8.35. The van der Waals surface area contributed by atoms with E-state index in [1.807, 2.05) is 0 Å². The van der Waals surface area contributed by atoms with Crippen LogP contribution in [0.25, 0.3) is 0 Å². The van der Waals surface area contributed by atoms with Crippen molar-refractivity contribution in [2.75, 3.05) is 21.3 Å². The van der Waals surface area contributed by atoms with Gasteiger partial charge >= 0.3 is 6.18 Å². The number of hydrogen-bond acceptors (Lipinski definition) is 4. The highest BCUT2D eigenvalue weighted by Crippen LogP contribution is 2.41. The summed E-state index contributed by atoms with van der Waals surface area (Å²) in [6.07, 6.45) is -4.56. The number of halogens is 4. The van der Waals surface area contributed by atoms with E-state index in [2.05, 4.69) is 0 Å². The van der Waals surface area contributed by atoms with Crippen molar-refractivity contribution in [3.8, 4) is 17.2 Å². The van der Waals surface area contributed by atoms with Crippen molar-refractivity contribution in [2.45, 2.75) is 12.2 Å². The predicted octanol–water partition coefficient (Wildman–Crippen LogP) is 2.70. The van der Waals surface area contributed by atoms with Crippen molar-refractivity contribution in [1.82, 2.24) is 0 Å². The Morgan fingerprint density at radius 2 is 1.37 bits per heavy atom. The molecule has 110 valence electrons. The van der Waals surface area contributed by atoms with Crippen molar-refractivity contribution in [1.29, 1.82) is 0 Å². The molecule has 0 aromatic heterocycles. The van der Waals surface area contributed by atoms with Gasteiger partial charge in [0, 0.05) is 11.6 Å². The summed E-state index contributed by atoms with van der Waals surface area (Å²) < 4.78 is 52.6. The Bertz CT molecular complexity index is 426. The molecule has 0 saturated heterocycles. The summed E-state index contributed by atoms with van der Waals surface area (Å²) in [4.78, 5) is 0. The zero-order valence-electron chi connectivity index (χ0n) is 10.6. The van der Waals surface area contributed by atoms with E-state index in [-0.39, 0.29) is 35.2 Å². The number of benzene rings is 1. The van der Waals surface area contributed by atoms with Gasteiger partial charge in [-0.05, 0) is 6.07 Å². The van der Waals surface area contributed by atoms with Gasteiger partial charge in [0.05, 0.1) is 21.3 Å². The first kappa shape index (κ1) is 17.7. The molecule has 0 unspecified atom stereocenters. The molecule has 0 spiro atoms. The number of alkyl halides is 3. The minimum Gasteiger partial charge on any atom is -0.496 e. The fourth-order valence-corrected chi connectivity index (χ4v) is 1.47. The molecule has 0 fully saturated rings. The molecule has 1 atom stereocenters. The van der Waals surface area contributed by atoms with Crippen molar-refractivity contribution in [3.05, 3.63) is 17.7 Å². The van der Waals surface area contributed by atoms with Gasteiger partial charge in [-0.3, -0.25) is 0 Å². The topological polar surface area (TPSA) is 53.7 Å². The molecule has 0 radical (unpaired) electrons. The first-order valence-electron chi connectivity index (χ1n) is 4.97. The van der Waals surface area contributed by atoms with E-state index in [0.717, 1.165) is 6.07 Å². The number of methoxy groups -OCH3 is 3. The molecule has 0 aliphatic rings. The molecule has 1 rings (SSSR count). The monoisotopic (exact) mass is 301 g/mol. The second-order valence-corrected chi connectivity index (χ2v) is 3.47. The maximum atomic E-state index is 12.6. The molecule has 0 heterocycles. The van der Waals surface area contributed by atoms with E-state index in [0.29, 0.717) is 0 Å². The molecule has 2 N–H and O–H groups in total. The lowest BCUT2D eigenvalue weighted by Crippen LogP contribution is -2.28. The summed E-state index contributed by atoms with van der Waals surface area (Å²) >= 11 is 0. The van der Waals surface area contributed by atoms with Gasteiger partial charge in [0.25, 0.3) is 0 Å². The number of hydrogen-bond donors (Lipinski definition) is 1. The lowest BCUT2D eigenvalue weighted by atomic mass is 10.0. The molecular formula is C11H15ClF3NO3. The Morgan fingerprint density at radius 3 is 1.74 bits per heavy atom. The summed E-state index contributed by atoms with van der Waals surface area (Å²) in [6.45, 7) is 0. The molecule has 0 aliphatic heterocycles. The fraction of sp³-hybridized carbons (Fsp3) is 0.455. The van der Waals surface area contributed by atoms with Crippen LogP contribution in [0.15, 0.2) is 12.1 Å². The molecule has 8 heteroatoms. The van der Waals surface area contributed by atoms with Crippen molar-refractivity contribution < 1.29 is 27.4 Å². The van der Waals surface area contributed by atoms with Gasteiger partial charge in [-0.2, -0.15) is 13.2 Å². The Balaban J connectivity index is 0.00000324. The lowest BCUT2D eigenvalue weighted by Gasteiger charge is -2.20. The van der Waals surface area contributed by atoms with Crippen LogP contribution in [0.4, 0.5) is 13.2 Å². The molecule has 4 nitrogen and oxygen atoms in total. The maximum absolute atomic E-state index is 12.6. The normalized spacial score (nSPS) is 12.4. The Kier molecular flexibility index (Phi) is 6.24. The molecule has 0 bridgehead atoms. The molecule has 0 saturated carbocycles. The van der Waals surface area contributed by atoms with E-state index < -0.39 is 12.2 Å². The minimum atomic E-state index is -4.56. The van der Waals surface area contributed by atoms with Crippen LogP contribution in [0.1, 0.15) is 11.6 Å². The van der Waals surface area contributed by atoms with Crippen LogP contribution >= 0.6 is 12.4 Å². The summed E-state index contributed by atoms with van der Waals surface area (Å²) in [6, 6.07) is 0.322. The lowest BCUT2D eigenvalue weighted by molar-refractivity contribution is -0.149. The van der Waals surface area contributed by atoms with Gasteiger partial charge in [0.1, 0.15) is 11.8 Å². The average molecular weight is 302 g/mol. The van der Waals surface area contributed by atoms with Gasteiger partial charge in [-0.25, -0.2) is 0 Å². The Hall–Kier alpha value is -1.34. The van der Waals surface area contributed by atoms with E-state index in [9.17, 15) is 13.2 Å². The van der Waals surface area contributed by atoms with Crippen LogP contribution < -0.4 is 19.9 Å². The first-order valence-corrected chi connectivity index (χ1v) is 4.97. The molecular weight excluding hydrogens is 287 g/mol. The third-order valence-corrected chi connectivity index (χ3v) is 2.42. The predicted molar refractivity (Wildman–Crippen MR) is 66.3 cm³/mol. The summed E-state index contributed by atoms with van der Waals surface area (Å²) in [5, 5.41) is 0. The fourth-order valence-electron chi connectivity index (χ4n) is 1.47. The molecule has 19 heavy (non-hydrogen) atoms. The van der Waals surface area contributed by atoms with Crippen LogP contribution in [0.3, 0.4) is 0 Å². The second kappa shape index (κ2) is 6.72. The minimum absolute atomic E-state index is 0. The highest BCUT2D eigenvalue weighted by Gasteiger charge is 2.40. The van der Waals surface area contributed by atoms with Crippen LogP contribution in [0.2, 0.25) is 0 Å². The van der Waals surface area contributed by atoms with E-state index in [1.54, 1.807) is 0 Å². The third kappa shape index (κ3) is 3.81. The van der Waals surface area contributed by atoms with Crippen molar-refractivity contribution >= 4 is 12.4 Å². The standard InChI is InChI=1S/C11H14F3NO3.ClH/c1-16-7-5-9(18-3)8(17-2)4-6(7)10(15)11(12,13)14;/h4-5,10H,15H2,1-3H3;1H/t10-;/m1./s1. The maximum Gasteiger partial charge on any atom is 0.407 e. The Morgan fingerprint density at radius 1 is 0.947 bits per heavy atom. The van der Waals surface area contributed by atoms with Crippen molar-refractivity contribution in [2.24, 2.45) is 5.73 Å². The zero-order valence-corrected chi connectivity index (χ0v) is 11.4. The largest absolute Gasteiger partial charge is 0.496 e. The van der Waals surface area contributed by atoms with Crippen LogP contribution in [-0.2, 0) is 0 Å².